The molecular formula is C12H26O2Si. The molecule has 1 atom stereocenters. The molecule has 0 aromatic heterocycles. The summed E-state index contributed by atoms with van der Waals surface area (Å²) in [5.74, 6) is 0.583. The molecule has 0 saturated carbocycles. The zero-order chi connectivity index (χ0) is 12.3. The summed E-state index contributed by atoms with van der Waals surface area (Å²) in [5, 5.41) is 9.61. The van der Waals surface area contributed by atoms with Crippen LogP contribution in [-0.4, -0.2) is 26.1 Å². The van der Waals surface area contributed by atoms with Gasteiger partial charge in [0, 0.05) is 0 Å². The highest BCUT2D eigenvalue weighted by Gasteiger charge is 2.43. The molecule has 0 aliphatic carbocycles. The molecule has 90 valence electrons. The largest absolute Gasteiger partial charge is 0.414 e. The maximum absolute atomic E-state index is 9.40. The Balaban J connectivity index is 4.47. The quantitative estimate of drug-likeness (QED) is 0.561. The topological polar surface area (TPSA) is 29.5 Å². The normalized spacial score (nSPS) is 15.5. The van der Waals surface area contributed by atoms with Gasteiger partial charge in [-0.15, -0.1) is 6.58 Å². The number of aliphatic hydroxyl groups excluding tert-OH is 1. The summed E-state index contributed by atoms with van der Waals surface area (Å²) in [6, 6.07) is 0. The van der Waals surface area contributed by atoms with Crippen molar-refractivity contribution in [3.8, 4) is 0 Å². The summed E-state index contributed by atoms with van der Waals surface area (Å²) in [6.07, 6.45) is 0.979. The van der Waals surface area contributed by atoms with Gasteiger partial charge in [0.25, 0.3) is 0 Å². The summed E-state index contributed by atoms with van der Waals surface area (Å²) < 4.78 is 5.93. The van der Waals surface area contributed by atoms with E-state index < -0.39 is 14.4 Å². The lowest BCUT2D eigenvalue weighted by Gasteiger charge is -2.42. The van der Waals surface area contributed by atoms with Crippen LogP contribution in [-0.2, 0) is 4.43 Å². The Bertz CT molecular complexity index is 210. The van der Waals surface area contributed by atoms with E-state index in [-0.39, 0.29) is 5.04 Å². The van der Waals surface area contributed by atoms with Gasteiger partial charge in [0.05, 0.1) is 12.7 Å². The molecule has 1 N–H and O–H groups in total. The lowest BCUT2D eigenvalue weighted by atomic mass is 9.99. The second-order valence-electron chi connectivity index (χ2n) is 5.50. The molecule has 0 heterocycles. The van der Waals surface area contributed by atoms with E-state index in [1.165, 1.54) is 6.08 Å². The highest BCUT2D eigenvalue weighted by atomic mass is 28.4. The van der Waals surface area contributed by atoms with Crippen LogP contribution in [0.5, 0.6) is 0 Å². The van der Waals surface area contributed by atoms with Gasteiger partial charge in [0.2, 0.25) is 0 Å². The Morgan fingerprint density at radius 2 is 1.87 bits per heavy atom. The number of aliphatic hydroxyl groups is 1. The average molecular weight is 230 g/mol. The van der Waals surface area contributed by atoms with Crippen LogP contribution in [0.4, 0.5) is 0 Å². The van der Waals surface area contributed by atoms with Crippen molar-refractivity contribution in [3.63, 3.8) is 0 Å². The lowest BCUT2D eigenvalue weighted by molar-refractivity contribution is 0.132. The molecule has 3 heteroatoms. The first-order valence-electron chi connectivity index (χ1n) is 5.59. The molecule has 0 aliphatic rings. The molecular weight excluding hydrogens is 204 g/mol. The van der Waals surface area contributed by atoms with Crippen molar-refractivity contribution in [2.75, 3.05) is 6.61 Å². The van der Waals surface area contributed by atoms with Gasteiger partial charge in [0.1, 0.15) is 0 Å². The molecule has 0 aromatic rings. The van der Waals surface area contributed by atoms with Gasteiger partial charge < -0.3 is 9.53 Å². The van der Waals surface area contributed by atoms with Crippen molar-refractivity contribution in [1.29, 1.82) is 0 Å². The third kappa shape index (κ3) is 3.74. The van der Waals surface area contributed by atoms with E-state index in [2.05, 4.69) is 47.4 Å². The van der Waals surface area contributed by atoms with E-state index in [1.807, 2.05) is 0 Å². The third-order valence-corrected chi connectivity index (χ3v) is 8.45. The standard InChI is InChI=1S/C12H26O2Si/c1-8-11(13)9-14-15(6,7)12(4,5)10(2)3/h8,10-11,13H,1,9H2,2-7H3. The van der Waals surface area contributed by atoms with Crippen LogP contribution in [0.2, 0.25) is 18.1 Å². The van der Waals surface area contributed by atoms with Crippen LogP contribution in [0.3, 0.4) is 0 Å². The molecule has 0 aliphatic heterocycles. The van der Waals surface area contributed by atoms with Crippen LogP contribution in [0.25, 0.3) is 0 Å². The van der Waals surface area contributed by atoms with Gasteiger partial charge in [-0.2, -0.15) is 0 Å². The molecule has 0 saturated heterocycles. The van der Waals surface area contributed by atoms with Crippen molar-refractivity contribution in [3.05, 3.63) is 12.7 Å². The number of hydrogen-bond acceptors (Lipinski definition) is 2. The lowest BCUT2D eigenvalue weighted by Crippen LogP contribution is -2.46. The third-order valence-electron chi connectivity index (χ3n) is 3.88. The summed E-state index contributed by atoms with van der Waals surface area (Å²) in [6.45, 7) is 17.3. The number of hydrogen-bond donors (Lipinski definition) is 1. The van der Waals surface area contributed by atoms with E-state index in [4.69, 9.17) is 4.43 Å². The highest BCUT2D eigenvalue weighted by molar-refractivity contribution is 6.74. The minimum absolute atomic E-state index is 0.202. The molecule has 0 aromatic carbocycles. The molecule has 0 amide bonds. The molecule has 0 spiro atoms. The first-order chi connectivity index (χ1) is 6.65. The first kappa shape index (κ1) is 14.9. The van der Waals surface area contributed by atoms with E-state index in [0.29, 0.717) is 12.5 Å². The summed E-state index contributed by atoms with van der Waals surface area (Å²) >= 11 is 0. The Morgan fingerprint density at radius 3 is 2.20 bits per heavy atom. The molecule has 0 rings (SSSR count). The summed E-state index contributed by atoms with van der Waals surface area (Å²) in [5.41, 5.74) is 0. The molecule has 2 nitrogen and oxygen atoms in total. The van der Waals surface area contributed by atoms with E-state index in [1.54, 1.807) is 0 Å². The Labute approximate surface area is 95.5 Å². The minimum atomic E-state index is -1.78. The second-order valence-corrected chi connectivity index (χ2v) is 10.1. The molecule has 15 heavy (non-hydrogen) atoms. The fourth-order valence-corrected chi connectivity index (χ4v) is 3.59. The zero-order valence-electron chi connectivity index (χ0n) is 11.0. The molecule has 0 bridgehead atoms. The second kappa shape index (κ2) is 5.28. The molecule has 0 radical (unpaired) electrons. The fraction of sp³-hybridized carbons (Fsp3) is 0.833. The van der Waals surface area contributed by atoms with Crippen molar-refractivity contribution < 1.29 is 9.53 Å². The van der Waals surface area contributed by atoms with Gasteiger partial charge >= 0.3 is 0 Å². The Morgan fingerprint density at radius 1 is 1.40 bits per heavy atom. The predicted octanol–water partition coefficient (Wildman–Crippen LogP) is 3.19. The summed E-state index contributed by atoms with van der Waals surface area (Å²) in [4.78, 5) is 0. The van der Waals surface area contributed by atoms with Gasteiger partial charge in [-0.3, -0.25) is 0 Å². The van der Waals surface area contributed by atoms with E-state index in [0.717, 1.165) is 0 Å². The fourth-order valence-electron chi connectivity index (χ4n) is 1.24. The predicted molar refractivity (Wildman–Crippen MR) is 68.5 cm³/mol. The Kier molecular flexibility index (Phi) is 5.24. The van der Waals surface area contributed by atoms with Gasteiger partial charge in [-0.05, 0) is 24.1 Å². The van der Waals surface area contributed by atoms with E-state index in [9.17, 15) is 5.11 Å². The average Bonchev–Trinajstić information content (AvgIpc) is 2.13. The van der Waals surface area contributed by atoms with Gasteiger partial charge in [0.15, 0.2) is 8.32 Å². The van der Waals surface area contributed by atoms with Crippen LogP contribution in [0.15, 0.2) is 12.7 Å². The smallest absolute Gasteiger partial charge is 0.192 e. The van der Waals surface area contributed by atoms with Crippen molar-refractivity contribution >= 4 is 8.32 Å². The van der Waals surface area contributed by atoms with Crippen molar-refractivity contribution in [1.82, 2.24) is 0 Å². The van der Waals surface area contributed by atoms with Gasteiger partial charge in [-0.25, -0.2) is 0 Å². The summed E-state index contributed by atoms with van der Waals surface area (Å²) in [7, 11) is -1.78. The monoisotopic (exact) mass is 230 g/mol. The zero-order valence-corrected chi connectivity index (χ0v) is 12.0. The number of rotatable bonds is 6. The van der Waals surface area contributed by atoms with Crippen LogP contribution >= 0.6 is 0 Å². The maximum atomic E-state index is 9.40. The maximum Gasteiger partial charge on any atom is 0.192 e. The SMILES string of the molecule is C=CC(O)CO[Si](C)(C)C(C)(C)C(C)C. The van der Waals surface area contributed by atoms with Crippen LogP contribution in [0.1, 0.15) is 27.7 Å². The molecule has 0 fully saturated rings. The van der Waals surface area contributed by atoms with Crippen molar-refractivity contribution in [2.24, 2.45) is 5.92 Å². The van der Waals surface area contributed by atoms with Crippen LogP contribution < -0.4 is 0 Å². The molecule has 1 unspecified atom stereocenters. The minimum Gasteiger partial charge on any atom is -0.414 e. The Hall–Kier alpha value is -0.123. The van der Waals surface area contributed by atoms with Gasteiger partial charge in [-0.1, -0.05) is 33.8 Å². The highest BCUT2D eigenvalue weighted by Crippen LogP contribution is 2.44. The van der Waals surface area contributed by atoms with E-state index >= 15 is 0 Å². The first-order valence-corrected chi connectivity index (χ1v) is 8.50. The van der Waals surface area contributed by atoms with Crippen LogP contribution in [0, 0.1) is 5.92 Å². The van der Waals surface area contributed by atoms with Crippen molar-refractivity contribution in [2.45, 2.75) is 51.9 Å².